The highest BCUT2D eigenvalue weighted by atomic mass is 79.9. The SMILES string of the molecule is Cc1c(N)cccc1Oc1ccc(Br)cc1C(F)(F)F. The van der Waals surface area contributed by atoms with Crippen molar-refractivity contribution in [1.82, 2.24) is 0 Å². The van der Waals surface area contributed by atoms with E-state index in [1.807, 2.05) is 0 Å². The number of benzene rings is 2. The minimum Gasteiger partial charge on any atom is -0.456 e. The van der Waals surface area contributed by atoms with Crippen molar-refractivity contribution in [3.63, 3.8) is 0 Å². The van der Waals surface area contributed by atoms with Crippen LogP contribution < -0.4 is 10.5 Å². The Morgan fingerprint density at radius 3 is 2.45 bits per heavy atom. The molecule has 0 amide bonds. The number of nitrogens with two attached hydrogens (primary N) is 1. The van der Waals surface area contributed by atoms with Crippen molar-refractivity contribution in [2.24, 2.45) is 0 Å². The van der Waals surface area contributed by atoms with Crippen LogP contribution in [0.3, 0.4) is 0 Å². The zero-order valence-corrected chi connectivity index (χ0v) is 12.0. The Morgan fingerprint density at radius 2 is 1.80 bits per heavy atom. The van der Waals surface area contributed by atoms with Crippen molar-refractivity contribution in [3.05, 3.63) is 52.0 Å². The largest absolute Gasteiger partial charge is 0.456 e. The summed E-state index contributed by atoms with van der Waals surface area (Å²) in [6.07, 6.45) is -4.49. The number of rotatable bonds is 2. The van der Waals surface area contributed by atoms with Gasteiger partial charge in [0.15, 0.2) is 0 Å². The molecule has 0 saturated carbocycles. The van der Waals surface area contributed by atoms with E-state index in [0.717, 1.165) is 6.07 Å². The molecule has 106 valence electrons. The van der Waals surface area contributed by atoms with E-state index < -0.39 is 11.7 Å². The maximum absolute atomic E-state index is 13.0. The fraction of sp³-hybridized carbons (Fsp3) is 0.143. The van der Waals surface area contributed by atoms with Gasteiger partial charge in [-0.05, 0) is 37.3 Å². The van der Waals surface area contributed by atoms with Crippen LogP contribution in [0.15, 0.2) is 40.9 Å². The summed E-state index contributed by atoms with van der Waals surface area (Å²) in [6, 6.07) is 8.62. The van der Waals surface area contributed by atoms with E-state index in [1.165, 1.54) is 12.1 Å². The molecule has 2 aromatic carbocycles. The Bertz CT molecular complexity index is 641. The topological polar surface area (TPSA) is 35.2 Å². The molecule has 0 spiro atoms. The second-order valence-electron chi connectivity index (χ2n) is 4.21. The smallest absolute Gasteiger partial charge is 0.420 e. The number of nitrogen functional groups attached to an aromatic ring is 1. The Morgan fingerprint density at radius 1 is 1.10 bits per heavy atom. The van der Waals surface area contributed by atoms with E-state index in [9.17, 15) is 13.2 Å². The molecular formula is C14H11BrF3NO. The molecule has 0 aliphatic heterocycles. The van der Waals surface area contributed by atoms with Gasteiger partial charge in [-0.15, -0.1) is 0 Å². The second kappa shape index (κ2) is 5.36. The summed E-state index contributed by atoms with van der Waals surface area (Å²) >= 11 is 3.02. The normalized spacial score (nSPS) is 11.4. The van der Waals surface area contributed by atoms with Gasteiger partial charge in [-0.1, -0.05) is 22.0 Å². The Hall–Kier alpha value is -1.69. The summed E-state index contributed by atoms with van der Waals surface area (Å²) in [7, 11) is 0. The van der Waals surface area contributed by atoms with E-state index >= 15 is 0 Å². The summed E-state index contributed by atoms with van der Waals surface area (Å²) in [5.74, 6) is 0.0484. The minimum absolute atomic E-state index is 0.255. The van der Waals surface area contributed by atoms with Gasteiger partial charge in [0.25, 0.3) is 0 Å². The first-order valence-electron chi connectivity index (χ1n) is 5.68. The summed E-state index contributed by atoms with van der Waals surface area (Å²) < 4.78 is 44.7. The van der Waals surface area contributed by atoms with Crippen LogP contribution in [0, 0.1) is 6.92 Å². The van der Waals surface area contributed by atoms with Crippen LogP contribution in [0.2, 0.25) is 0 Å². The van der Waals surface area contributed by atoms with Crippen LogP contribution in [-0.4, -0.2) is 0 Å². The fourth-order valence-corrected chi connectivity index (χ4v) is 2.03. The highest BCUT2D eigenvalue weighted by Crippen LogP contribution is 2.40. The number of ether oxygens (including phenoxy) is 1. The quantitative estimate of drug-likeness (QED) is 0.763. The third-order valence-electron chi connectivity index (χ3n) is 2.79. The maximum atomic E-state index is 13.0. The summed E-state index contributed by atoms with van der Waals surface area (Å²) in [6.45, 7) is 1.69. The molecule has 0 aliphatic carbocycles. The van der Waals surface area contributed by atoms with Crippen molar-refractivity contribution in [3.8, 4) is 11.5 Å². The van der Waals surface area contributed by atoms with E-state index in [2.05, 4.69) is 15.9 Å². The zero-order chi connectivity index (χ0) is 14.9. The Kier molecular flexibility index (Phi) is 3.94. The number of hydrogen-bond acceptors (Lipinski definition) is 2. The van der Waals surface area contributed by atoms with Gasteiger partial charge in [0.1, 0.15) is 11.5 Å². The van der Waals surface area contributed by atoms with Crippen LogP contribution in [0.4, 0.5) is 18.9 Å². The predicted octanol–water partition coefficient (Wildman–Crippen LogP) is 5.15. The zero-order valence-electron chi connectivity index (χ0n) is 10.5. The molecule has 0 aliphatic rings. The third kappa shape index (κ3) is 3.07. The monoisotopic (exact) mass is 345 g/mol. The molecule has 2 rings (SSSR count). The molecule has 2 N–H and O–H groups in total. The van der Waals surface area contributed by atoms with Crippen molar-refractivity contribution in [1.29, 1.82) is 0 Å². The van der Waals surface area contributed by atoms with Crippen molar-refractivity contribution >= 4 is 21.6 Å². The molecule has 0 fully saturated rings. The molecule has 2 nitrogen and oxygen atoms in total. The van der Waals surface area contributed by atoms with E-state index in [1.54, 1.807) is 25.1 Å². The van der Waals surface area contributed by atoms with Crippen LogP contribution in [0.5, 0.6) is 11.5 Å². The molecule has 0 atom stereocenters. The highest BCUT2D eigenvalue weighted by Gasteiger charge is 2.34. The molecule has 0 unspecified atom stereocenters. The summed E-state index contributed by atoms with van der Waals surface area (Å²) in [4.78, 5) is 0. The highest BCUT2D eigenvalue weighted by molar-refractivity contribution is 9.10. The molecule has 20 heavy (non-hydrogen) atoms. The first-order valence-corrected chi connectivity index (χ1v) is 6.48. The van der Waals surface area contributed by atoms with E-state index in [0.29, 0.717) is 21.5 Å². The summed E-state index contributed by atoms with van der Waals surface area (Å²) in [5, 5.41) is 0. The average Bonchev–Trinajstić information content (AvgIpc) is 2.36. The van der Waals surface area contributed by atoms with E-state index in [-0.39, 0.29) is 5.75 Å². The molecule has 2 aromatic rings. The van der Waals surface area contributed by atoms with Gasteiger partial charge in [0.2, 0.25) is 0 Å². The van der Waals surface area contributed by atoms with Crippen LogP contribution in [0.1, 0.15) is 11.1 Å². The molecule has 0 radical (unpaired) electrons. The fourth-order valence-electron chi connectivity index (χ4n) is 1.67. The van der Waals surface area contributed by atoms with Gasteiger partial charge in [-0.3, -0.25) is 0 Å². The molecule has 6 heteroatoms. The van der Waals surface area contributed by atoms with Gasteiger partial charge in [0.05, 0.1) is 5.56 Å². The molecule has 0 aromatic heterocycles. The average molecular weight is 346 g/mol. The summed E-state index contributed by atoms with van der Waals surface area (Å²) in [5.41, 5.74) is 5.94. The van der Waals surface area contributed by atoms with Gasteiger partial charge in [0, 0.05) is 15.7 Å². The van der Waals surface area contributed by atoms with Crippen LogP contribution in [-0.2, 0) is 6.18 Å². The first kappa shape index (κ1) is 14.7. The van der Waals surface area contributed by atoms with Gasteiger partial charge in [-0.2, -0.15) is 13.2 Å². The number of halogens is 4. The lowest BCUT2D eigenvalue weighted by Gasteiger charge is -2.15. The number of alkyl halides is 3. The first-order chi connectivity index (χ1) is 9.29. The van der Waals surface area contributed by atoms with Crippen molar-refractivity contribution < 1.29 is 17.9 Å². The number of hydrogen-bond donors (Lipinski definition) is 1. The lowest BCUT2D eigenvalue weighted by molar-refractivity contribution is -0.138. The van der Waals surface area contributed by atoms with Gasteiger partial charge in [-0.25, -0.2) is 0 Å². The van der Waals surface area contributed by atoms with Crippen LogP contribution in [0.25, 0.3) is 0 Å². The lowest BCUT2D eigenvalue weighted by atomic mass is 10.1. The van der Waals surface area contributed by atoms with Crippen LogP contribution >= 0.6 is 15.9 Å². The second-order valence-corrected chi connectivity index (χ2v) is 5.13. The molecule has 0 heterocycles. The molecule has 0 saturated heterocycles. The van der Waals surface area contributed by atoms with E-state index in [4.69, 9.17) is 10.5 Å². The van der Waals surface area contributed by atoms with Gasteiger partial charge >= 0.3 is 6.18 Å². The van der Waals surface area contributed by atoms with Crippen molar-refractivity contribution in [2.75, 3.05) is 5.73 Å². The maximum Gasteiger partial charge on any atom is 0.420 e. The van der Waals surface area contributed by atoms with Crippen molar-refractivity contribution in [2.45, 2.75) is 13.1 Å². The Labute approximate surface area is 122 Å². The predicted molar refractivity (Wildman–Crippen MR) is 74.8 cm³/mol. The third-order valence-corrected chi connectivity index (χ3v) is 3.29. The molecule has 0 bridgehead atoms. The number of anilines is 1. The minimum atomic E-state index is -4.49. The molecular weight excluding hydrogens is 335 g/mol. The lowest BCUT2D eigenvalue weighted by Crippen LogP contribution is -2.07. The standard InChI is InChI=1S/C14H11BrF3NO/c1-8-11(19)3-2-4-12(8)20-13-6-5-9(15)7-10(13)14(16,17)18/h2-7H,19H2,1H3. The van der Waals surface area contributed by atoms with Gasteiger partial charge < -0.3 is 10.5 Å². The Balaban J connectivity index is 2.46.